The number of pyridine rings is 1. The molecule has 1 amide bonds. The number of thiophene rings is 1. The van der Waals surface area contributed by atoms with Crippen molar-refractivity contribution in [2.24, 2.45) is 0 Å². The molecule has 2 aliphatic rings. The molecule has 5 nitrogen and oxygen atoms in total. The summed E-state index contributed by atoms with van der Waals surface area (Å²) in [4.78, 5) is 28.2. The summed E-state index contributed by atoms with van der Waals surface area (Å²) >= 11 is 1.52. The molecule has 0 aromatic carbocycles. The minimum absolute atomic E-state index is 0.00816. The van der Waals surface area contributed by atoms with Crippen LogP contribution >= 0.6 is 11.3 Å². The second-order valence-electron chi connectivity index (χ2n) is 6.63. The Balaban J connectivity index is 1.38. The lowest BCUT2D eigenvalue weighted by molar-refractivity contribution is 0.0180. The van der Waals surface area contributed by atoms with Gasteiger partial charge in [0.05, 0.1) is 18.0 Å². The Labute approximate surface area is 144 Å². The molecular weight excluding hydrogens is 324 g/mol. The van der Waals surface area contributed by atoms with Gasteiger partial charge in [0.1, 0.15) is 11.9 Å². The zero-order chi connectivity index (χ0) is 16.8. The topological polar surface area (TPSA) is 51.5 Å². The fourth-order valence-corrected chi connectivity index (χ4v) is 3.96. The second kappa shape index (κ2) is 5.77. The number of aromatic nitrogens is 1. The third-order valence-corrected chi connectivity index (χ3v) is 5.52. The van der Waals surface area contributed by atoms with Crippen LogP contribution < -0.4 is 10.3 Å². The van der Waals surface area contributed by atoms with Gasteiger partial charge in [-0.25, -0.2) is 0 Å². The fourth-order valence-electron chi connectivity index (χ4n) is 3.13. The number of hydrogen-bond donors (Lipinski definition) is 0. The molecule has 0 atom stereocenters. The number of ether oxygens (including phenoxy) is 1. The molecule has 0 spiro atoms. The van der Waals surface area contributed by atoms with Gasteiger partial charge >= 0.3 is 0 Å². The van der Waals surface area contributed by atoms with E-state index in [-0.39, 0.29) is 17.6 Å². The smallest absolute Gasteiger partial charge is 0.264 e. The number of aryl methyl sites for hydroxylation is 2. The maximum absolute atomic E-state index is 12.3. The van der Waals surface area contributed by atoms with Crippen molar-refractivity contribution < 1.29 is 9.53 Å². The first-order valence-electron chi connectivity index (χ1n) is 8.27. The Hall–Kier alpha value is -2.08. The van der Waals surface area contributed by atoms with Gasteiger partial charge in [0.25, 0.3) is 11.5 Å². The Kier molecular flexibility index (Phi) is 3.72. The van der Waals surface area contributed by atoms with E-state index in [1.807, 2.05) is 36.6 Å². The van der Waals surface area contributed by atoms with Crippen molar-refractivity contribution in [2.45, 2.75) is 38.8 Å². The molecule has 2 aromatic heterocycles. The minimum atomic E-state index is -0.0365. The molecule has 1 saturated heterocycles. The highest BCUT2D eigenvalue weighted by atomic mass is 32.1. The van der Waals surface area contributed by atoms with E-state index in [1.54, 1.807) is 11.0 Å². The minimum Gasteiger partial charge on any atom is -0.486 e. The summed E-state index contributed by atoms with van der Waals surface area (Å²) in [6, 6.07) is 7.70. The molecule has 24 heavy (non-hydrogen) atoms. The number of carbonyl (C=O) groups is 1. The first kappa shape index (κ1) is 15.4. The van der Waals surface area contributed by atoms with E-state index in [0.717, 1.165) is 28.3 Å². The average molecular weight is 344 g/mol. The van der Waals surface area contributed by atoms with Crippen LogP contribution in [0.3, 0.4) is 0 Å². The summed E-state index contributed by atoms with van der Waals surface area (Å²) in [5.41, 5.74) is 0.954. The highest BCUT2D eigenvalue weighted by molar-refractivity contribution is 7.13. The van der Waals surface area contributed by atoms with Crippen molar-refractivity contribution in [3.8, 4) is 5.75 Å². The van der Waals surface area contributed by atoms with Crippen LogP contribution in [-0.2, 0) is 0 Å². The molecule has 1 aliphatic heterocycles. The van der Waals surface area contributed by atoms with Gasteiger partial charge < -0.3 is 14.2 Å². The van der Waals surface area contributed by atoms with Gasteiger partial charge in [-0.15, -0.1) is 11.3 Å². The van der Waals surface area contributed by atoms with Crippen LogP contribution in [0.5, 0.6) is 5.75 Å². The van der Waals surface area contributed by atoms with Crippen LogP contribution in [0, 0.1) is 13.8 Å². The number of rotatable bonds is 4. The van der Waals surface area contributed by atoms with Gasteiger partial charge in [-0.3, -0.25) is 9.59 Å². The monoisotopic (exact) mass is 344 g/mol. The maximum atomic E-state index is 12.3. The Morgan fingerprint density at radius 3 is 2.54 bits per heavy atom. The molecule has 6 heteroatoms. The lowest BCUT2D eigenvalue weighted by Crippen LogP contribution is -2.56. The van der Waals surface area contributed by atoms with Crippen molar-refractivity contribution in [3.05, 3.63) is 50.1 Å². The van der Waals surface area contributed by atoms with E-state index in [1.165, 1.54) is 11.3 Å². The summed E-state index contributed by atoms with van der Waals surface area (Å²) in [5, 5.41) is 0. The van der Waals surface area contributed by atoms with E-state index < -0.39 is 0 Å². The van der Waals surface area contributed by atoms with Gasteiger partial charge in [-0.2, -0.15) is 0 Å². The normalized spacial score (nSPS) is 17.7. The van der Waals surface area contributed by atoms with Crippen LogP contribution in [0.2, 0.25) is 0 Å². The summed E-state index contributed by atoms with van der Waals surface area (Å²) in [7, 11) is 0. The van der Waals surface area contributed by atoms with Crippen LogP contribution in [0.4, 0.5) is 0 Å². The standard InChI is InChI=1S/C18H20N2O3S/c1-11-7-14(8-17(21)20(11)13-4-5-13)23-15-9-19(10-15)18(22)16-6-3-12(2)24-16/h3,6-8,13,15H,4-5,9-10H2,1-2H3. The number of amides is 1. The highest BCUT2D eigenvalue weighted by Gasteiger charge is 2.34. The number of carbonyl (C=O) groups excluding carboxylic acids is 1. The van der Waals surface area contributed by atoms with Gasteiger partial charge in [0, 0.05) is 22.7 Å². The highest BCUT2D eigenvalue weighted by Crippen LogP contribution is 2.35. The van der Waals surface area contributed by atoms with Crippen molar-refractivity contribution in [2.75, 3.05) is 13.1 Å². The van der Waals surface area contributed by atoms with E-state index in [0.29, 0.717) is 24.9 Å². The number of likely N-dealkylation sites (tertiary alicyclic amines) is 1. The van der Waals surface area contributed by atoms with Crippen molar-refractivity contribution in [1.29, 1.82) is 0 Å². The predicted octanol–water partition coefficient (Wildman–Crippen LogP) is 2.76. The summed E-state index contributed by atoms with van der Waals surface area (Å²) in [6.45, 7) is 5.08. The van der Waals surface area contributed by atoms with E-state index >= 15 is 0 Å². The SMILES string of the molecule is Cc1ccc(C(=O)N2CC(Oc3cc(C)n(C4CC4)c(=O)c3)C2)s1. The molecule has 4 rings (SSSR count). The fraction of sp³-hybridized carbons (Fsp3) is 0.444. The van der Waals surface area contributed by atoms with E-state index in [9.17, 15) is 9.59 Å². The molecule has 3 heterocycles. The van der Waals surface area contributed by atoms with Crippen LogP contribution in [0.1, 0.15) is 39.1 Å². The average Bonchev–Trinajstić information content (AvgIpc) is 3.21. The lowest BCUT2D eigenvalue weighted by Gasteiger charge is -2.38. The van der Waals surface area contributed by atoms with Crippen LogP contribution in [0.25, 0.3) is 0 Å². The summed E-state index contributed by atoms with van der Waals surface area (Å²) in [5.74, 6) is 0.673. The van der Waals surface area contributed by atoms with Gasteiger partial charge in [-0.05, 0) is 44.9 Å². The molecule has 0 bridgehead atoms. The van der Waals surface area contributed by atoms with Crippen molar-refractivity contribution in [1.82, 2.24) is 9.47 Å². The zero-order valence-corrected chi connectivity index (χ0v) is 14.6. The second-order valence-corrected chi connectivity index (χ2v) is 7.92. The van der Waals surface area contributed by atoms with Crippen LogP contribution in [-0.4, -0.2) is 34.6 Å². The molecule has 1 aliphatic carbocycles. The van der Waals surface area contributed by atoms with Gasteiger partial charge in [0.15, 0.2) is 0 Å². The molecule has 126 valence electrons. The number of hydrogen-bond acceptors (Lipinski definition) is 4. The van der Waals surface area contributed by atoms with E-state index in [4.69, 9.17) is 4.74 Å². The van der Waals surface area contributed by atoms with Crippen molar-refractivity contribution in [3.63, 3.8) is 0 Å². The molecule has 2 fully saturated rings. The summed E-state index contributed by atoms with van der Waals surface area (Å²) < 4.78 is 7.73. The maximum Gasteiger partial charge on any atom is 0.264 e. The summed E-state index contributed by atoms with van der Waals surface area (Å²) in [6.07, 6.45) is 2.14. The Morgan fingerprint density at radius 2 is 1.96 bits per heavy atom. The quantitative estimate of drug-likeness (QED) is 0.857. The third-order valence-electron chi connectivity index (χ3n) is 4.54. The van der Waals surface area contributed by atoms with Crippen LogP contribution in [0.15, 0.2) is 29.1 Å². The molecule has 0 unspecified atom stereocenters. The Bertz CT molecular complexity index is 844. The molecule has 1 saturated carbocycles. The molecule has 0 radical (unpaired) electrons. The van der Waals surface area contributed by atoms with Gasteiger partial charge in [0.2, 0.25) is 0 Å². The molecular formula is C18H20N2O3S. The Morgan fingerprint density at radius 1 is 1.21 bits per heavy atom. The first-order chi connectivity index (χ1) is 11.5. The van der Waals surface area contributed by atoms with Gasteiger partial charge in [-0.1, -0.05) is 0 Å². The predicted molar refractivity (Wildman–Crippen MR) is 93.1 cm³/mol. The van der Waals surface area contributed by atoms with Crippen molar-refractivity contribution >= 4 is 17.2 Å². The number of nitrogens with zero attached hydrogens (tertiary/aromatic N) is 2. The molecule has 2 aromatic rings. The largest absolute Gasteiger partial charge is 0.486 e. The van der Waals surface area contributed by atoms with E-state index in [2.05, 4.69) is 0 Å². The lowest BCUT2D eigenvalue weighted by atomic mass is 10.1. The zero-order valence-electron chi connectivity index (χ0n) is 13.8. The molecule has 0 N–H and O–H groups in total. The first-order valence-corrected chi connectivity index (χ1v) is 9.08. The third kappa shape index (κ3) is 2.86.